The fraction of sp³-hybridized carbons (Fsp3) is 0.368. The number of halogens is 1. The Hall–Kier alpha value is -1.47. The number of hydrogen-bond acceptors (Lipinski definition) is 1. The normalized spacial score (nSPS) is 21.3. The first-order valence-corrected chi connectivity index (χ1v) is 8.24. The zero-order chi connectivity index (χ0) is 14.2. The Kier molecular flexibility index (Phi) is 3.39. The van der Waals surface area contributed by atoms with E-state index < -0.39 is 0 Å². The second-order valence-electron chi connectivity index (χ2n) is 6.06. The third-order valence-electron chi connectivity index (χ3n) is 4.80. The molecule has 2 aliphatic rings. The first-order chi connectivity index (χ1) is 10.3. The van der Waals surface area contributed by atoms with Crippen LogP contribution in [-0.4, -0.2) is 6.61 Å². The van der Waals surface area contributed by atoms with Crippen LogP contribution < -0.4 is 4.74 Å². The fourth-order valence-electron chi connectivity index (χ4n) is 3.67. The average molecular weight is 299 g/mol. The van der Waals surface area contributed by atoms with Crippen molar-refractivity contribution in [1.82, 2.24) is 0 Å². The lowest BCUT2D eigenvalue weighted by molar-refractivity contribution is 0.265. The summed E-state index contributed by atoms with van der Waals surface area (Å²) >= 11 is 6.86. The highest BCUT2D eigenvalue weighted by molar-refractivity contribution is 6.21. The van der Waals surface area contributed by atoms with Crippen molar-refractivity contribution in [2.24, 2.45) is 0 Å². The van der Waals surface area contributed by atoms with Crippen molar-refractivity contribution in [2.75, 3.05) is 6.61 Å². The number of hydrogen-bond donors (Lipinski definition) is 0. The van der Waals surface area contributed by atoms with E-state index in [2.05, 4.69) is 30.3 Å². The van der Waals surface area contributed by atoms with Gasteiger partial charge >= 0.3 is 0 Å². The van der Waals surface area contributed by atoms with Crippen molar-refractivity contribution in [3.63, 3.8) is 0 Å². The molecule has 1 aliphatic heterocycles. The topological polar surface area (TPSA) is 9.23 Å². The van der Waals surface area contributed by atoms with E-state index in [1.807, 2.05) is 12.1 Å². The van der Waals surface area contributed by atoms with Gasteiger partial charge < -0.3 is 4.74 Å². The highest BCUT2D eigenvalue weighted by atomic mass is 35.5. The molecule has 4 rings (SSSR count). The number of para-hydroxylation sites is 1. The molecule has 1 nitrogen and oxygen atoms in total. The molecule has 0 saturated heterocycles. The Morgan fingerprint density at radius 1 is 1.05 bits per heavy atom. The molecule has 1 heterocycles. The number of fused-ring (bicyclic) bond motifs is 2. The maximum Gasteiger partial charge on any atom is 0.122 e. The van der Waals surface area contributed by atoms with Crippen LogP contribution in [-0.2, 0) is 12.8 Å². The Morgan fingerprint density at radius 3 is 2.86 bits per heavy atom. The molecule has 2 unspecified atom stereocenters. The van der Waals surface area contributed by atoms with Gasteiger partial charge in [-0.15, -0.1) is 11.6 Å². The third kappa shape index (κ3) is 2.34. The Balaban J connectivity index is 1.68. The molecule has 2 atom stereocenters. The third-order valence-corrected chi connectivity index (χ3v) is 5.36. The highest BCUT2D eigenvalue weighted by Crippen LogP contribution is 2.45. The predicted molar refractivity (Wildman–Crippen MR) is 86.4 cm³/mol. The van der Waals surface area contributed by atoms with Crippen molar-refractivity contribution in [3.05, 3.63) is 64.7 Å². The van der Waals surface area contributed by atoms with E-state index in [0.717, 1.165) is 18.8 Å². The summed E-state index contributed by atoms with van der Waals surface area (Å²) in [5.41, 5.74) is 5.52. The number of aryl methyl sites for hydroxylation is 2. The maximum absolute atomic E-state index is 6.86. The van der Waals surface area contributed by atoms with Crippen LogP contribution in [0.2, 0.25) is 0 Å². The van der Waals surface area contributed by atoms with E-state index in [0.29, 0.717) is 5.92 Å². The van der Waals surface area contributed by atoms with E-state index in [4.69, 9.17) is 16.3 Å². The van der Waals surface area contributed by atoms with Gasteiger partial charge in [0.05, 0.1) is 12.0 Å². The summed E-state index contributed by atoms with van der Waals surface area (Å²) in [4.78, 5) is 0. The van der Waals surface area contributed by atoms with Gasteiger partial charge in [0, 0.05) is 5.92 Å². The van der Waals surface area contributed by atoms with Gasteiger partial charge in [0.15, 0.2) is 0 Å². The van der Waals surface area contributed by atoms with Crippen molar-refractivity contribution in [3.8, 4) is 5.75 Å². The molecule has 2 aromatic carbocycles. The summed E-state index contributed by atoms with van der Waals surface area (Å²) in [5, 5.41) is 0.0287. The van der Waals surface area contributed by atoms with Crippen molar-refractivity contribution in [1.29, 1.82) is 0 Å². The first-order valence-electron chi connectivity index (χ1n) is 7.80. The summed E-state index contributed by atoms with van der Waals surface area (Å²) in [6.07, 6.45) is 4.70. The highest BCUT2D eigenvalue weighted by Gasteiger charge is 2.29. The molecular weight excluding hydrogens is 280 g/mol. The van der Waals surface area contributed by atoms with E-state index in [-0.39, 0.29) is 5.38 Å². The Morgan fingerprint density at radius 2 is 1.90 bits per heavy atom. The van der Waals surface area contributed by atoms with Crippen LogP contribution in [0.15, 0.2) is 42.5 Å². The minimum Gasteiger partial charge on any atom is -0.493 e. The van der Waals surface area contributed by atoms with E-state index >= 15 is 0 Å². The van der Waals surface area contributed by atoms with Gasteiger partial charge in [0.25, 0.3) is 0 Å². The van der Waals surface area contributed by atoms with Gasteiger partial charge in [0.1, 0.15) is 5.75 Å². The summed E-state index contributed by atoms with van der Waals surface area (Å²) in [6, 6.07) is 15.1. The van der Waals surface area contributed by atoms with Gasteiger partial charge in [-0.25, -0.2) is 0 Å². The van der Waals surface area contributed by atoms with E-state index in [1.165, 1.54) is 41.5 Å². The number of rotatable bonds is 2. The molecule has 0 saturated carbocycles. The molecule has 21 heavy (non-hydrogen) atoms. The van der Waals surface area contributed by atoms with Gasteiger partial charge in [-0.05, 0) is 54.0 Å². The molecular formula is C19H19ClO. The van der Waals surface area contributed by atoms with Crippen molar-refractivity contribution in [2.45, 2.75) is 37.0 Å². The predicted octanol–water partition coefficient (Wildman–Crippen LogP) is 5.02. The van der Waals surface area contributed by atoms with Crippen LogP contribution in [0.1, 0.15) is 46.4 Å². The number of benzene rings is 2. The van der Waals surface area contributed by atoms with Gasteiger partial charge in [-0.2, -0.15) is 0 Å². The summed E-state index contributed by atoms with van der Waals surface area (Å²) in [7, 11) is 0. The fourth-order valence-corrected chi connectivity index (χ4v) is 4.07. The maximum atomic E-state index is 6.86. The lowest BCUT2D eigenvalue weighted by Crippen LogP contribution is -2.17. The standard InChI is InChI=1S/C19H19ClO/c20-19(15-9-8-13-4-3-5-14(13)12-15)17-10-11-21-18-7-2-1-6-16(17)18/h1-2,6-9,12,17,19H,3-5,10-11H2. The molecule has 0 spiro atoms. The summed E-state index contributed by atoms with van der Waals surface area (Å²) < 4.78 is 5.76. The first kappa shape index (κ1) is 13.2. The van der Waals surface area contributed by atoms with Crippen LogP contribution in [0, 0.1) is 0 Å². The van der Waals surface area contributed by atoms with Crippen LogP contribution in [0.25, 0.3) is 0 Å². The molecule has 0 fully saturated rings. The molecule has 1 aliphatic carbocycles. The second-order valence-corrected chi connectivity index (χ2v) is 6.54. The summed E-state index contributed by atoms with van der Waals surface area (Å²) in [5.74, 6) is 1.34. The molecule has 0 amide bonds. The van der Waals surface area contributed by atoms with Crippen LogP contribution >= 0.6 is 11.6 Å². The lowest BCUT2D eigenvalue weighted by Gasteiger charge is -2.29. The van der Waals surface area contributed by atoms with Crippen LogP contribution in [0.4, 0.5) is 0 Å². The van der Waals surface area contributed by atoms with E-state index in [1.54, 1.807) is 0 Å². The van der Waals surface area contributed by atoms with Crippen molar-refractivity contribution >= 4 is 11.6 Å². The molecule has 0 aromatic heterocycles. The summed E-state index contributed by atoms with van der Waals surface area (Å²) in [6.45, 7) is 0.760. The monoisotopic (exact) mass is 298 g/mol. The van der Waals surface area contributed by atoms with Gasteiger partial charge in [0.2, 0.25) is 0 Å². The molecule has 108 valence electrons. The molecule has 0 N–H and O–H groups in total. The lowest BCUT2D eigenvalue weighted by atomic mass is 9.86. The SMILES string of the molecule is ClC(c1ccc2c(c1)CCC2)C1CCOc2ccccc21. The Labute approximate surface area is 130 Å². The number of ether oxygens (including phenoxy) is 1. The molecule has 0 radical (unpaired) electrons. The average Bonchev–Trinajstić information content (AvgIpc) is 3.01. The van der Waals surface area contributed by atoms with Gasteiger partial charge in [-0.3, -0.25) is 0 Å². The zero-order valence-electron chi connectivity index (χ0n) is 12.0. The van der Waals surface area contributed by atoms with Crippen LogP contribution in [0.3, 0.4) is 0 Å². The quantitative estimate of drug-likeness (QED) is 0.707. The molecule has 2 heteroatoms. The smallest absolute Gasteiger partial charge is 0.122 e. The molecule has 2 aromatic rings. The van der Waals surface area contributed by atoms with Crippen LogP contribution in [0.5, 0.6) is 5.75 Å². The van der Waals surface area contributed by atoms with E-state index in [9.17, 15) is 0 Å². The minimum absolute atomic E-state index is 0.0287. The number of alkyl halides is 1. The largest absolute Gasteiger partial charge is 0.493 e. The van der Waals surface area contributed by atoms with Gasteiger partial charge in [-0.1, -0.05) is 36.4 Å². The van der Waals surface area contributed by atoms with Crippen molar-refractivity contribution < 1.29 is 4.74 Å². The minimum atomic E-state index is 0.0287. The molecule has 0 bridgehead atoms. The second kappa shape index (κ2) is 5.38. The zero-order valence-corrected chi connectivity index (χ0v) is 12.8. The Bertz CT molecular complexity index is 664.